The van der Waals surface area contributed by atoms with E-state index < -0.39 is 5.97 Å². The molecule has 0 spiro atoms. The van der Waals surface area contributed by atoms with Crippen molar-refractivity contribution in [3.05, 3.63) is 29.3 Å². The van der Waals surface area contributed by atoms with Crippen LogP contribution in [-0.4, -0.2) is 25.0 Å². The summed E-state index contributed by atoms with van der Waals surface area (Å²) in [7, 11) is 1.42. The number of hydrogen-bond acceptors (Lipinski definition) is 4. The molecule has 76 valence electrons. The van der Waals surface area contributed by atoms with Gasteiger partial charge in [0.25, 0.3) is 0 Å². The van der Waals surface area contributed by atoms with Gasteiger partial charge in [0.1, 0.15) is 11.3 Å². The van der Waals surface area contributed by atoms with Crippen molar-refractivity contribution in [3.8, 4) is 5.75 Å². The van der Waals surface area contributed by atoms with Crippen LogP contribution in [0, 0.1) is 6.92 Å². The predicted octanol–water partition coefficient (Wildman–Crippen LogP) is 1.46. The van der Waals surface area contributed by atoms with Gasteiger partial charge in [-0.15, -0.1) is 0 Å². The summed E-state index contributed by atoms with van der Waals surface area (Å²) in [5.41, 5.74) is 1.03. The second kappa shape index (κ2) is 4.62. The van der Waals surface area contributed by atoms with E-state index in [1.807, 2.05) is 6.92 Å². The van der Waals surface area contributed by atoms with Gasteiger partial charge in [-0.25, -0.2) is 4.79 Å². The molecule has 0 aliphatic carbocycles. The molecule has 0 atom stereocenters. The number of rotatable bonds is 3. The minimum atomic E-state index is -0.593. The smallest absolute Gasteiger partial charge is 0.344 e. The number of benzene rings is 1. The van der Waals surface area contributed by atoms with Crippen LogP contribution in [0.1, 0.15) is 15.9 Å². The van der Waals surface area contributed by atoms with E-state index in [0.29, 0.717) is 0 Å². The molecular formula is C10H12O4. The summed E-state index contributed by atoms with van der Waals surface area (Å²) >= 11 is 0. The van der Waals surface area contributed by atoms with Gasteiger partial charge >= 0.3 is 5.97 Å². The predicted molar refractivity (Wildman–Crippen MR) is 50.1 cm³/mol. The fourth-order valence-corrected chi connectivity index (χ4v) is 1.00. The molecule has 0 aliphatic rings. The van der Waals surface area contributed by atoms with Crippen LogP contribution in [0.3, 0.4) is 0 Å². The topological polar surface area (TPSA) is 55.8 Å². The lowest BCUT2D eigenvalue weighted by atomic mass is 10.1. The molecule has 1 N–H and O–H groups in total. The molecule has 0 radical (unpaired) electrons. The third-order valence-corrected chi connectivity index (χ3v) is 1.68. The van der Waals surface area contributed by atoms with E-state index >= 15 is 0 Å². The lowest BCUT2D eigenvalue weighted by Gasteiger charge is -2.05. The van der Waals surface area contributed by atoms with Crippen molar-refractivity contribution in [1.29, 1.82) is 0 Å². The first-order chi connectivity index (χ1) is 6.65. The highest BCUT2D eigenvalue weighted by atomic mass is 16.7. The van der Waals surface area contributed by atoms with Crippen molar-refractivity contribution in [1.82, 2.24) is 0 Å². The Bertz CT molecular complexity index is 333. The molecular weight excluding hydrogens is 184 g/mol. The lowest BCUT2D eigenvalue weighted by Crippen LogP contribution is -2.07. The molecule has 14 heavy (non-hydrogen) atoms. The van der Waals surface area contributed by atoms with E-state index in [2.05, 4.69) is 9.47 Å². The van der Waals surface area contributed by atoms with Gasteiger partial charge < -0.3 is 14.6 Å². The molecule has 0 saturated heterocycles. The number of carbonyl (C=O) groups is 1. The highest BCUT2D eigenvalue weighted by Gasteiger charge is 2.11. The number of aromatic hydroxyl groups is 1. The molecule has 0 heterocycles. The minimum absolute atomic E-state index is 0.0777. The van der Waals surface area contributed by atoms with E-state index in [1.165, 1.54) is 19.2 Å². The first kappa shape index (κ1) is 10.5. The molecule has 0 amide bonds. The van der Waals surface area contributed by atoms with Crippen LogP contribution >= 0.6 is 0 Å². The van der Waals surface area contributed by atoms with Crippen molar-refractivity contribution in [2.75, 3.05) is 13.9 Å². The first-order valence-corrected chi connectivity index (χ1v) is 4.11. The normalized spacial score (nSPS) is 9.86. The lowest BCUT2D eigenvalue weighted by molar-refractivity contribution is -0.0126. The monoisotopic (exact) mass is 196 g/mol. The largest absolute Gasteiger partial charge is 0.507 e. The average molecular weight is 196 g/mol. The SMILES string of the molecule is COCOC(=O)c1ccc(C)cc1O. The second-order valence-corrected chi connectivity index (χ2v) is 2.86. The zero-order valence-electron chi connectivity index (χ0n) is 8.11. The van der Waals surface area contributed by atoms with Crippen LogP contribution in [0.2, 0.25) is 0 Å². The molecule has 1 aromatic carbocycles. The van der Waals surface area contributed by atoms with Gasteiger partial charge in [-0.2, -0.15) is 0 Å². The van der Waals surface area contributed by atoms with Crippen molar-refractivity contribution in [2.24, 2.45) is 0 Å². The van der Waals surface area contributed by atoms with Crippen LogP contribution < -0.4 is 0 Å². The summed E-state index contributed by atoms with van der Waals surface area (Å²) in [6.45, 7) is 1.70. The first-order valence-electron chi connectivity index (χ1n) is 4.11. The highest BCUT2D eigenvalue weighted by Crippen LogP contribution is 2.19. The number of ether oxygens (including phenoxy) is 2. The van der Waals surface area contributed by atoms with Crippen LogP contribution in [0.15, 0.2) is 18.2 Å². The number of esters is 1. The number of aryl methyl sites for hydroxylation is 1. The van der Waals surface area contributed by atoms with Crippen molar-refractivity contribution < 1.29 is 19.4 Å². The molecule has 0 aromatic heterocycles. The quantitative estimate of drug-likeness (QED) is 0.587. The van der Waals surface area contributed by atoms with Gasteiger partial charge in [-0.3, -0.25) is 0 Å². The molecule has 0 aliphatic heterocycles. The fraction of sp³-hybridized carbons (Fsp3) is 0.300. The zero-order valence-corrected chi connectivity index (χ0v) is 8.11. The van der Waals surface area contributed by atoms with Crippen molar-refractivity contribution >= 4 is 5.97 Å². The summed E-state index contributed by atoms with van der Waals surface area (Å²) in [6.07, 6.45) is 0. The molecule has 1 aromatic rings. The number of carbonyl (C=O) groups excluding carboxylic acids is 1. The van der Waals surface area contributed by atoms with E-state index in [9.17, 15) is 9.90 Å². The van der Waals surface area contributed by atoms with Crippen LogP contribution in [0.25, 0.3) is 0 Å². The number of phenolic OH excluding ortho intramolecular Hbond substituents is 1. The standard InChI is InChI=1S/C10H12O4/c1-7-3-4-8(9(11)5-7)10(12)14-6-13-2/h3-5,11H,6H2,1-2H3. The number of hydrogen-bond donors (Lipinski definition) is 1. The number of phenols is 1. The van der Waals surface area contributed by atoms with E-state index in [-0.39, 0.29) is 18.1 Å². The van der Waals surface area contributed by atoms with Gasteiger partial charge in [0, 0.05) is 7.11 Å². The molecule has 4 nitrogen and oxygen atoms in total. The molecule has 1 rings (SSSR count). The van der Waals surface area contributed by atoms with E-state index in [0.717, 1.165) is 5.56 Å². The Kier molecular flexibility index (Phi) is 3.48. The summed E-state index contributed by atoms with van der Waals surface area (Å²) < 4.78 is 9.25. The third-order valence-electron chi connectivity index (χ3n) is 1.68. The summed E-state index contributed by atoms with van der Waals surface area (Å²) in [5.74, 6) is -0.671. The molecule has 0 bridgehead atoms. The second-order valence-electron chi connectivity index (χ2n) is 2.86. The Morgan fingerprint density at radius 2 is 2.21 bits per heavy atom. The Morgan fingerprint density at radius 1 is 1.50 bits per heavy atom. The van der Waals surface area contributed by atoms with Gasteiger partial charge in [-0.05, 0) is 24.6 Å². The fourth-order valence-electron chi connectivity index (χ4n) is 1.00. The minimum Gasteiger partial charge on any atom is -0.507 e. The molecule has 4 heteroatoms. The van der Waals surface area contributed by atoms with Gasteiger partial charge in [-0.1, -0.05) is 6.07 Å². The van der Waals surface area contributed by atoms with Crippen LogP contribution in [0.5, 0.6) is 5.75 Å². The van der Waals surface area contributed by atoms with Crippen molar-refractivity contribution in [2.45, 2.75) is 6.92 Å². The molecule has 0 saturated carbocycles. The Hall–Kier alpha value is -1.55. The highest BCUT2D eigenvalue weighted by molar-refractivity contribution is 5.92. The maximum Gasteiger partial charge on any atom is 0.344 e. The number of methoxy groups -OCH3 is 1. The van der Waals surface area contributed by atoms with Crippen LogP contribution in [0.4, 0.5) is 0 Å². The maximum atomic E-state index is 11.3. The Labute approximate surface area is 82.1 Å². The average Bonchev–Trinajstić information content (AvgIpc) is 2.14. The van der Waals surface area contributed by atoms with Gasteiger partial charge in [0.2, 0.25) is 0 Å². The summed E-state index contributed by atoms with van der Waals surface area (Å²) in [5, 5.41) is 9.42. The van der Waals surface area contributed by atoms with Gasteiger partial charge in [0.15, 0.2) is 6.79 Å². The van der Waals surface area contributed by atoms with Crippen LogP contribution in [-0.2, 0) is 9.47 Å². The summed E-state index contributed by atoms with van der Waals surface area (Å²) in [4.78, 5) is 11.3. The molecule has 0 unspecified atom stereocenters. The Morgan fingerprint density at radius 3 is 2.79 bits per heavy atom. The van der Waals surface area contributed by atoms with E-state index in [1.54, 1.807) is 6.07 Å². The van der Waals surface area contributed by atoms with Gasteiger partial charge in [0.05, 0.1) is 0 Å². The Balaban J connectivity index is 2.80. The summed E-state index contributed by atoms with van der Waals surface area (Å²) in [6, 6.07) is 4.75. The molecule has 0 fully saturated rings. The van der Waals surface area contributed by atoms with Crippen molar-refractivity contribution in [3.63, 3.8) is 0 Å². The van der Waals surface area contributed by atoms with E-state index in [4.69, 9.17) is 0 Å². The zero-order chi connectivity index (χ0) is 10.6. The third kappa shape index (κ3) is 2.47. The maximum absolute atomic E-state index is 11.3.